The molecule has 0 aliphatic heterocycles. The van der Waals surface area contributed by atoms with Gasteiger partial charge in [0.15, 0.2) is 0 Å². The van der Waals surface area contributed by atoms with Crippen molar-refractivity contribution in [3.05, 3.63) is 29.8 Å². The third-order valence-corrected chi connectivity index (χ3v) is 4.36. The molecule has 0 spiro atoms. The predicted molar refractivity (Wildman–Crippen MR) is 85.8 cm³/mol. The van der Waals surface area contributed by atoms with Gasteiger partial charge in [-0.25, -0.2) is 0 Å². The summed E-state index contributed by atoms with van der Waals surface area (Å²) in [5.74, 6) is 0.0415. The van der Waals surface area contributed by atoms with Crippen molar-refractivity contribution in [2.75, 3.05) is 31.1 Å². The molecule has 0 unspecified atom stereocenters. The van der Waals surface area contributed by atoms with Crippen molar-refractivity contribution >= 4 is 11.6 Å². The molecule has 1 aliphatic carbocycles. The number of amides is 1. The van der Waals surface area contributed by atoms with Crippen molar-refractivity contribution in [2.45, 2.75) is 39.2 Å². The van der Waals surface area contributed by atoms with E-state index in [-0.39, 0.29) is 12.5 Å². The second kappa shape index (κ2) is 7.46. The molecule has 0 radical (unpaired) electrons. The molecule has 2 rings (SSSR count). The fourth-order valence-electron chi connectivity index (χ4n) is 2.83. The first-order chi connectivity index (χ1) is 10.2. The van der Waals surface area contributed by atoms with E-state index in [4.69, 9.17) is 0 Å². The lowest BCUT2D eigenvalue weighted by molar-refractivity contribution is 0.0526. The van der Waals surface area contributed by atoms with Crippen LogP contribution in [0.5, 0.6) is 0 Å². The maximum atomic E-state index is 12.6. The van der Waals surface area contributed by atoms with E-state index >= 15 is 0 Å². The Morgan fingerprint density at radius 1 is 1.19 bits per heavy atom. The Morgan fingerprint density at radius 3 is 2.24 bits per heavy atom. The standard InChI is InChI=1S/C17H26N2O2/c1-3-18(4-2)15-10-8-14(9-11-15)17(21)19(12-13-20)16-6-5-7-16/h8-11,16,20H,3-7,12-13H2,1-2H3. The zero-order chi connectivity index (χ0) is 15.2. The molecule has 1 N–H and O–H groups in total. The first-order valence-electron chi connectivity index (χ1n) is 7.98. The van der Waals surface area contributed by atoms with E-state index in [1.54, 1.807) is 0 Å². The number of rotatable bonds is 7. The van der Waals surface area contributed by atoms with Crippen LogP contribution in [-0.4, -0.2) is 48.2 Å². The zero-order valence-corrected chi connectivity index (χ0v) is 13.1. The van der Waals surface area contributed by atoms with Crippen LogP contribution >= 0.6 is 0 Å². The van der Waals surface area contributed by atoms with Crippen LogP contribution in [0.1, 0.15) is 43.5 Å². The average molecular weight is 290 g/mol. The SMILES string of the molecule is CCN(CC)c1ccc(C(=O)N(CCO)C2CCC2)cc1. The van der Waals surface area contributed by atoms with Gasteiger partial charge in [-0.1, -0.05) is 0 Å². The molecule has 1 aliphatic rings. The maximum absolute atomic E-state index is 12.6. The van der Waals surface area contributed by atoms with Crippen molar-refractivity contribution in [1.29, 1.82) is 0 Å². The molecule has 0 heterocycles. The molecule has 0 bridgehead atoms. The second-order valence-corrected chi connectivity index (χ2v) is 5.53. The predicted octanol–water partition coefficient (Wildman–Crippen LogP) is 2.52. The van der Waals surface area contributed by atoms with Crippen molar-refractivity contribution < 1.29 is 9.90 Å². The molecule has 1 amide bonds. The van der Waals surface area contributed by atoms with E-state index in [0.29, 0.717) is 18.2 Å². The topological polar surface area (TPSA) is 43.8 Å². The fourth-order valence-corrected chi connectivity index (χ4v) is 2.83. The van der Waals surface area contributed by atoms with Gasteiger partial charge in [0.1, 0.15) is 0 Å². The number of carbonyl (C=O) groups excluding carboxylic acids is 1. The summed E-state index contributed by atoms with van der Waals surface area (Å²) in [5.41, 5.74) is 1.86. The molecule has 4 heteroatoms. The van der Waals surface area contributed by atoms with Crippen molar-refractivity contribution in [1.82, 2.24) is 4.90 Å². The van der Waals surface area contributed by atoms with Crippen LogP contribution in [0.15, 0.2) is 24.3 Å². The third-order valence-electron chi connectivity index (χ3n) is 4.36. The normalized spacial score (nSPS) is 14.6. The smallest absolute Gasteiger partial charge is 0.254 e. The number of benzene rings is 1. The number of aliphatic hydroxyl groups excluding tert-OH is 1. The van der Waals surface area contributed by atoms with E-state index in [1.165, 1.54) is 6.42 Å². The summed E-state index contributed by atoms with van der Waals surface area (Å²) < 4.78 is 0. The number of nitrogens with zero attached hydrogens (tertiary/aromatic N) is 2. The van der Waals surface area contributed by atoms with Gasteiger partial charge >= 0.3 is 0 Å². The van der Waals surface area contributed by atoms with Gasteiger partial charge in [-0.15, -0.1) is 0 Å². The van der Waals surface area contributed by atoms with Crippen molar-refractivity contribution in [3.63, 3.8) is 0 Å². The number of hydrogen-bond donors (Lipinski definition) is 1. The number of aliphatic hydroxyl groups is 1. The van der Waals surface area contributed by atoms with Gasteiger partial charge in [0.2, 0.25) is 0 Å². The van der Waals surface area contributed by atoms with E-state index in [0.717, 1.165) is 31.6 Å². The molecule has 1 aromatic carbocycles. The van der Waals surface area contributed by atoms with Gasteiger partial charge in [-0.2, -0.15) is 0 Å². The minimum absolute atomic E-state index is 0.0276. The highest BCUT2D eigenvalue weighted by molar-refractivity contribution is 5.94. The van der Waals surface area contributed by atoms with Crippen LogP contribution in [0, 0.1) is 0 Å². The molecular weight excluding hydrogens is 264 g/mol. The number of hydrogen-bond acceptors (Lipinski definition) is 3. The highest BCUT2D eigenvalue weighted by Crippen LogP contribution is 2.26. The van der Waals surface area contributed by atoms with Crippen LogP contribution in [0.4, 0.5) is 5.69 Å². The van der Waals surface area contributed by atoms with Gasteiger partial charge in [-0.05, 0) is 57.4 Å². The van der Waals surface area contributed by atoms with Gasteiger partial charge in [0.25, 0.3) is 5.91 Å². The lowest BCUT2D eigenvalue weighted by Gasteiger charge is -2.37. The summed E-state index contributed by atoms with van der Waals surface area (Å²) in [6.45, 7) is 6.64. The molecule has 1 saturated carbocycles. The van der Waals surface area contributed by atoms with Crippen LogP contribution < -0.4 is 4.90 Å². The average Bonchev–Trinajstić information content (AvgIpc) is 2.46. The number of anilines is 1. The lowest BCUT2D eigenvalue weighted by Crippen LogP contribution is -2.45. The Labute approximate surface area is 127 Å². The summed E-state index contributed by atoms with van der Waals surface area (Å²) in [6.07, 6.45) is 3.30. The molecule has 4 nitrogen and oxygen atoms in total. The Kier molecular flexibility index (Phi) is 5.62. The quantitative estimate of drug-likeness (QED) is 0.839. The zero-order valence-electron chi connectivity index (χ0n) is 13.1. The van der Waals surface area contributed by atoms with Crippen LogP contribution in [0.3, 0.4) is 0 Å². The highest BCUT2D eigenvalue weighted by Gasteiger charge is 2.28. The molecule has 21 heavy (non-hydrogen) atoms. The third kappa shape index (κ3) is 3.56. The van der Waals surface area contributed by atoms with Gasteiger partial charge < -0.3 is 14.9 Å². The van der Waals surface area contributed by atoms with Crippen molar-refractivity contribution in [2.24, 2.45) is 0 Å². The monoisotopic (exact) mass is 290 g/mol. The second-order valence-electron chi connectivity index (χ2n) is 5.53. The van der Waals surface area contributed by atoms with E-state index in [1.807, 2.05) is 29.2 Å². The molecule has 116 valence electrons. The van der Waals surface area contributed by atoms with Crippen LogP contribution in [0.25, 0.3) is 0 Å². The summed E-state index contributed by atoms with van der Waals surface area (Å²) in [7, 11) is 0. The molecule has 1 aromatic rings. The molecule has 0 atom stereocenters. The first-order valence-corrected chi connectivity index (χ1v) is 7.98. The molecular formula is C17H26N2O2. The van der Waals surface area contributed by atoms with Gasteiger partial charge in [0.05, 0.1) is 6.61 Å². The summed E-state index contributed by atoms with van der Waals surface area (Å²) in [5, 5.41) is 9.18. The Bertz CT molecular complexity index is 450. The minimum atomic E-state index is 0.0276. The van der Waals surface area contributed by atoms with Gasteiger partial charge in [0, 0.05) is 36.9 Å². The van der Waals surface area contributed by atoms with E-state index in [9.17, 15) is 9.90 Å². The molecule has 0 aromatic heterocycles. The Balaban J connectivity index is 2.10. The summed E-state index contributed by atoms with van der Waals surface area (Å²) in [6, 6.07) is 8.14. The first kappa shape index (κ1) is 15.8. The molecule has 1 fully saturated rings. The highest BCUT2D eigenvalue weighted by atomic mass is 16.3. The Morgan fingerprint density at radius 2 is 1.81 bits per heavy atom. The fraction of sp³-hybridized carbons (Fsp3) is 0.588. The summed E-state index contributed by atoms with van der Waals surface area (Å²) >= 11 is 0. The van der Waals surface area contributed by atoms with E-state index < -0.39 is 0 Å². The minimum Gasteiger partial charge on any atom is -0.395 e. The maximum Gasteiger partial charge on any atom is 0.254 e. The summed E-state index contributed by atoms with van der Waals surface area (Å²) in [4.78, 5) is 16.7. The molecule has 0 saturated heterocycles. The van der Waals surface area contributed by atoms with Crippen molar-refractivity contribution in [3.8, 4) is 0 Å². The van der Waals surface area contributed by atoms with Crippen LogP contribution in [-0.2, 0) is 0 Å². The van der Waals surface area contributed by atoms with Gasteiger partial charge in [-0.3, -0.25) is 4.79 Å². The Hall–Kier alpha value is -1.55. The number of carbonyl (C=O) groups is 1. The largest absolute Gasteiger partial charge is 0.395 e. The van der Waals surface area contributed by atoms with E-state index in [2.05, 4.69) is 18.7 Å². The van der Waals surface area contributed by atoms with Crippen LogP contribution in [0.2, 0.25) is 0 Å². The lowest BCUT2D eigenvalue weighted by atomic mass is 9.91.